The standard InChI is InChI=1S/C22H23NO2/c1-17(23)20-12-21(24-15-18-8-4-2-5-9-18)14-22(13-20)25-16-19-10-6-3-7-11-19/h2-14,17H,15-16,23H2,1H3/t17-/m1/s1. The van der Waals surface area contributed by atoms with E-state index in [4.69, 9.17) is 15.2 Å². The van der Waals surface area contributed by atoms with Crippen LogP contribution in [-0.2, 0) is 13.2 Å². The summed E-state index contributed by atoms with van der Waals surface area (Å²) >= 11 is 0. The van der Waals surface area contributed by atoms with Crippen molar-refractivity contribution >= 4 is 0 Å². The van der Waals surface area contributed by atoms with E-state index in [9.17, 15) is 0 Å². The Hall–Kier alpha value is -2.78. The van der Waals surface area contributed by atoms with E-state index < -0.39 is 0 Å². The van der Waals surface area contributed by atoms with E-state index in [1.54, 1.807) is 0 Å². The van der Waals surface area contributed by atoms with Crippen LogP contribution in [0.25, 0.3) is 0 Å². The molecule has 128 valence electrons. The molecule has 0 saturated carbocycles. The molecule has 3 rings (SSSR count). The van der Waals surface area contributed by atoms with Gasteiger partial charge in [0, 0.05) is 12.1 Å². The van der Waals surface area contributed by atoms with Crippen LogP contribution in [0.1, 0.15) is 29.7 Å². The van der Waals surface area contributed by atoms with Gasteiger partial charge < -0.3 is 15.2 Å². The van der Waals surface area contributed by atoms with Crippen molar-refractivity contribution in [2.45, 2.75) is 26.2 Å². The predicted octanol–water partition coefficient (Wildman–Crippen LogP) is 4.86. The van der Waals surface area contributed by atoms with Crippen molar-refractivity contribution in [3.8, 4) is 11.5 Å². The van der Waals surface area contributed by atoms with Gasteiger partial charge >= 0.3 is 0 Å². The summed E-state index contributed by atoms with van der Waals surface area (Å²) in [6, 6.07) is 26.0. The van der Waals surface area contributed by atoms with Crippen molar-refractivity contribution < 1.29 is 9.47 Å². The first kappa shape index (κ1) is 17.1. The lowest BCUT2D eigenvalue weighted by molar-refractivity contribution is 0.289. The molecule has 2 N–H and O–H groups in total. The SMILES string of the molecule is C[C@@H](N)c1cc(OCc2ccccc2)cc(OCc2ccccc2)c1. The molecule has 0 saturated heterocycles. The fourth-order valence-electron chi connectivity index (χ4n) is 2.51. The minimum absolute atomic E-state index is 0.0839. The Morgan fingerprint density at radius 1 is 0.720 bits per heavy atom. The maximum absolute atomic E-state index is 6.05. The average molecular weight is 333 g/mol. The van der Waals surface area contributed by atoms with Crippen molar-refractivity contribution in [1.29, 1.82) is 0 Å². The topological polar surface area (TPSA) is 44.5 Å². The molecule has 0 aromatic heterocycles. The Kier molecular flexibility index (Phi) is 5.70. The lowest BCUT2D eigenvalue weighted by Gasteiger charge is -2.14. The average Bonchev–Trinajstić information content (AvgIpc) is 2.66. The number of ether oxygens (including phenoxy) is 2. The van der Waals surface area contributed by atoms with Crippen molar-refractivity contribution in [1.82, 2.24) is 0 Å². The zero-order valence-electron chi connectivity index (χ0n) is 14.4. The highest BCUT2D eigenvalue weighted by Crippen LogP contribution is 2.27. The van der Waals surface area contributed by atoms with Gasteiger partial charge in [0.1, 0.15) is 24.7 Å². The monoisotopic (exact) mass is 333 g/mol. The van der Waals surface area contributed by atoms with Gasteiger partial charge in [0.15, 0.2) is 0 Å². The molecule has 0 fully saturated rings. The number of hydrogen-bond donors (Lipinski definition) is 1. The van der Waals surface area contributed by atoms with E-state index in [0.29, 0.717) is 13.2 Å². The van der Waals surface area contributed by atoms with Crippen LogP contribution in [0.3, 0.4) is 0 Å². The van der Waals surface area contributed by atoms with Crippen molar-refractivity contribution in [2.75, 3.05) is 0 Å². The van der Waals surface area contributed by atoms with Crippen LogP contribution in [0.5, 0.6) is 11.5 Å². The zero-order chi connectivity index (χ0) is 17.5. The summed E-state index contributed by atoms with van der Waals surface area (Å²) in [5.74, 6) is 1.53. The van der Waals surface area contributed by atoms with Gasteiger partial charge in [-0.25, -0.2) is 0 Å². The van der Waals surface area contributed by atoms with E-state index in [0.717, 1.165) is 28.2 Å². The molecule has 0 spiro atoms. The highest BCUT2D eigenvalue weighted by atomic mass is 16.5. The molecule has 0 radical (unpaired) electrons. The number of hydrogen-bond acceptors (Lipinski definition) is 3. The summed E-state index contributed by atoms with van der Waals surface area (Å²) in [5.41, 5.74) is 9.30. The summed E-state index contributed by atoms with van der Waals surface area (Å²) in [7, 11) is 0. The molecule has 0 aliphatic rings. The second-order valence-electron chi connectivity index (χ2n) is 6.07. The van der Waals surface area contributed by atoms with Crippen LogP contribution in [-0.4, -0.2) is 0 Å². The van der Waals surface area contributed by atoms with Crippen LogP contribution in [0.15, 0.2) is 78.9 Å². The Morgan fingerprint density at radius 2 is 1.16 bits per heavy atom. The van der Waals surface area contributed by atoms with Gasteiger partial charge in [0.25, 0.3) is 0 Å². The second-order valence-corrected chi connectivity index (χ2v) is 6.07. The van der Waals surface area contributed by atoms with E-state index >= 15 is 0 Å². The van der Waals surface area contributed by atoms with Gasteiger partial charge in [-0.3, -0.25) is 0 Å². The van der Waals surface area contributed by atoms with Gasteiger partial charge in [-0.05, 0) is 35.7 Å². The van der Waals surface area contributed by atoms with E-state index in [1.165, 1.54) is 0 Å². The molecule has 0 unspecified atom stereocenters. The zero-order valence-corrected chi connectivity index (χ0v) is 14.4. The summed E-state index contributed by atoms with van der Waals surface area (Å²) in [6.45, 7) is 2.99. The minimum atomic E-state index is -0.0839. The summed E-state index contributed by atoms with van der Waals surface area (Å²) in [6.07, 6.45) is 0. The lowest BCUT2D eigenvalue weighted by atomic mass is 10.1. The molecular weight excluding hydrogens is 310 g/mol. The lowest BCUT2D eigenvalue weighted by Crippen LogP contribution is -2.06. The highest BCUT2D eigenvalue weighted by molar-refractivity contribution is 5.40. The molecule has 3 aromatic rings. The summed E-state index contributed by atoms with van der Waals surface area (Å²) < 4.78 is 11.9. The molecule has 0 aliphatic heterocycles. The van der Waals surface area contributed by atoms with Gasteiger partial charge in [-0.2, -0.15) is 0 Å². The van der Waals surface area contributed by atoms with Crippen LogP contribution in [0, 0.1) is 0 Å². The Morgan fingerprint density at radius 3 is 1.56 bits per heavy atom. The highest BCUT2D eigenvalue weighted by Gasteiger charge is 2.07. The van der Waals surface area contributed by atoms with Gasteiger partial charge in [-0.15, -0.1) is 0 Å². The molecular formula is C22H23NO2. The van der Waals surface area contributed by atoms with Crippen molar-refractivity contribution in [3.05, 3.63) is 95.6 Å². The molecule has 1 atom stereocenters. The first-order chi connectivity index (χ1) is 12.2. The van der Waals surface area contributed by atoms with Gasteiger partial charge in [-0.1, -0.05) is 60.7 Å². The molecule has 0 amide bonds. The third-order valence-electron chi connectivity index (χ3n) is 3.92. The molecule has 25 heavy (non-hydrogen) atoms. The first-order valence-corrected chi connectivity index (χ1v) is 8.45. The van der Waals surface area contributed by atoms with Gasteiger partial charge in [0.05, 0.1) is 0 Å². The quantitative estimate of drug-likeness (QED) is 0.671. The molecule has 0 bridgehead atoms. The fourth-order valence-corrected chi connectivity index (χ4v) is 2.51. The van der Waals surface area contributed by atoms with Crippen LogP contribution >= 0.6 is 0 Å². The summed E-state index contributed by atoms with van der Waals surface area (Å²) in [4.78, 5) is 0. The number of rotatable bonds is 7. The van der Waals surface area contributed by atoms with E-state index in [1.807, 2.05) is 85.8 Å². The molecule has 3 aromatic carbocycles. The van der Waals surface area contributed by atoms with Crippen LogP contribution in [0.4, 0.5) is 0 Å². The number of benzene rings is 3. The third kappa shape index (κ3) is 5.10. The Bertz CT molecular complexity index is 724. The van der Waals surface area contributed by atoms with Crippen molar-refractivity contribution in [2.24, 2.45) is 5.73 Å². The van der Waals surface area contributed by atoms with Crippen molar-refractivity contribution in [3.63, 3.8) is 0 Å². The second kappa shape index (κ2) is 8.36. The number of nitrogens with two attached hydrogens (primary N) is 1. The maximum atomic E-state index is 6.05. The van der Waals surface area contributed by atoms with Crippen LogP contribution < -0.4 is 15.2 Å². The van der Waals surface area contributed by atoms with E-state index in [-0.39, 0.29) is 6.04 Å². The van der Waals surface area contributed by atoms with E-state index in [2.05, 4.69) is 0 Å². The predicted molar refractivity (Wildman–Crippen MR) is 101 cm³/mol. The summed E-state index contributed by atoms with van der Waals surface area (Å²) in [5, 5.41) is 0. The Balaban J connectivity index is 1.72. The maximum Gasteiger partial charge on any atom is 0.123 e. The fraction of sp³-hybridized carbons (Fsp3) is 0.182. The minimum Gasteiger partial charge on any atom is -0.489 e. The molecule has 0 aliphatic carbocycles. The van der Waals surface area contributed by atoms with Gasteiger partial charge in [0.2, 0.25) is 0 Å². The van der Waals surface area contributed by atoms with Crippen LogP contribution in [0.2, 0.25) is 0 Å². The first-order valence-electron chi connectivity index (χ1n) is 8.45. The normalized spacial score (nSPS) is 11.8. The largest absolute Gasteiger partial charge is 0.489 e. The molecule has 3 heteroatoms. The molecule has 0 heterocycles. The third-order valence-corrected chi connectivity index (χ3v) is 3.92. The smallest absolute Gasteiger partial charge is 0.123 e. The molecule has 3 nitrogen and oxygen atoms in total. The Labute approximate surface area is 149 Å².